The van der Waals surface area contributed by atoms with Gasteiger partial charge in [0, 0.05) is 23.5 Å². The molecule has 2 heterocycles. The first-order valence-electron chi connectivity index (χ1n) is 10.4. The minimum absolute atomic E-state index is 0. The normalized spacial score (nSPS) is 10.9. The smallest absolute Gasteiger partial charge is 1.00 e. The first kappa shape index (κ1) is 28.0. The molecule has 0 bridgehead atoms. The number of halogens is 2. The Bertz CT molecular complexity index is 1420. The number of hydrogen-bond donors (Lipinski definition) is 2. The zero-order chi connectivity index (χ0) is 21.9. The molecule has 0 atom stereocenters. The zero-order valence-corrected chi connectivity index (χ0v) is 21.5. The summed E-state index contributed by atoms with van der Waals surface area (Å²) in [6, 6.07) is 31.7. The molecule has 1 aliphatic rings. The molecule has 0 spiro atoms. The summed E-state index contributed by atoms with van der Waals surface area (Å²) in [4.78, 5) is 8.37. The number of pyridine rings is 2. The minimum Gasteiger partial charge on any atom is -1.00 e. The van der Waals surface area contributed by atoms with Crippen molar-refractivity contribution in [1.82, 2.24) is 9.97 Å². The number of nitrogens with zero attached hydrogens (tertiary/aromatic N) is 2. The SMILES string of the molecule is N=C1C(=N)c2c(ccc3ccccc23)-c2ccccc21.[Cl-].[Cl-].[Rh+3].c1ccc(-c2ccccn2)nc1. The summed E-state index contributed by atoms with van der Waals surface area (Å²) in [6.07, 6.45) is 3.54. The van der Waals surface area contributed by atoms with Crippen LogP contribution in [-0.4, -0.2) is 21.4 Å². The Morgan fingerprint density at radius 1 is 0.486 bits per heavy atom. The molecule has 0 unspecified atom stereocenters. The van der Waals surface area contributed by atoms with Gasteiger partial charge in [-0.1, -0.05) is 72.8 Å². The van der Waals surface area contributed by atoms with Crippen molar-refractivity contribution >= 4 is 22.2 Å². The molecule has 1 aliphatic carbocycles. The van der Waals surface area contributed by atoms with Crippen LogP contribution in [0.4, 0.5) is 0 Å². The van der Waals surface area contributed by atoms with E-state index in [1.54, 1.807) is 12.4 Å². The van der Waals surface area contributed by atoms with E-state index >= 15 is 0 Å². The van der Waals surface area contributed by atoms with Crippen LogP contribution >= 0.6 is 0 Å². The van der Waals surface area contributed by atoms with Gasteiger partial charge >= 0.3 is 19.5 Å². The summed E-state index contributed by atoms with van der Waals surface area (Å²) in [7, 11) is 0. The molecule has 6 rings (SSSR count). The molecular weight excluding hydrogens is 566 g/mol. The Balaban J connectivity index is 0.000000252. The van der Waals surface area contributed by atoms with Crippen molar-refractivity contribution in [2.75, 3.05) is 0 Å². The van der Waals surface area contributed by atoms with Crippen molar-refractivity contribution in [3.63, 3.8) is 0 Å². The second kappa shape index (κ2) is 12.5. The molecule has 0 amide bonds. The molecule has 174 valence electrons. The number of fused-ring (bicyclic) bond motifs is 5. The van der Waals surface area contributed by atoms with Crippen molar-refractivity contribution < 1.29 is 44.3 Å². The average Bonchev–Trinajstić information content (AvgIpc) is 2.88. The summed E-state index contributed by atoms with van der Waals surface area (Å²) in [5, 5.41) is 18.8. The van der Waals surface area contributed by atoms with Crippen LogP contribution in [-0.2, 0) is 19.5 Å². The van der Waals surface area contributed by atoms with E-state index in [9.17, 15) is 0 Å². The first-order chi connectivity index (χ1) is 15.7. The Hall–Kier alpha value is -3.24. The third-order valence-electron chi connectivity index (χ3n) is 5.51. The van der Waals surface area contributed by atoms with Gasteiger partial charge in [0.1, 0.15) is 0 Å². The van der Waals surface area contributed by atoms with Gasteiger partial charge in [0.2, 0.25) is 0 Å². The van der Waals surface area contributed by atoms with Gasteiger partial charge in [-0.3, -0.25) is 20.8 Å². The summed E-state index contributed by atoms with van der Waals surface area (Å²) in [5.41, 5.74) is 6.29. The van der Waals surface area contributed by atoms with Gasteiger partial charge in [0.15, 0.2) is 0 Å². The van der Waals surface area contributed by atoms with Crippen LogP contribution in [0.2, 0.25) is 0 Å². The minimum atomic E-state index is 0. The number of aromatic nitrogens is 2. The van der Waals surface area contributed by atoms with Crippen LogP contribution in [0.1, 0.15) is 11.1 Å². The topological polar surface area (TPSA) is 73.5 Å². The van der Waals surface area contributed by atoms with Gasteiger partial charge in [-0.15, -0.1) is 0 Å². The molecule has 0 fully saturated rings. The summed E-state index contributed by atoms with van der Waals surface area (Å²) in [5.74, 6) is 0. The van der Waals surface area contributed by atoms with E-state index in [0.29, 0.717) is 11.4 Å². The summed E-state index contributed by atoms with van der Waals surface area (Å²) in [6.45, 7) is 0. The molecule has 5 aromatic rings. The van der Waals surface area contributed by atoms with Gasteiger partial charge in [-0.05, 0) is 46.2 Å². The molecule has 35 heavy (non-hydrogen) atoms. The maximum absolute atomic E-state index is 8.36. The predicted molar refractivity (Wildman–Crippen MR) is 131 cm³/mol. The maximum Gasteiger partial charge on any atom is 3.00 e. The fourth-order valence-corrected chi connectivity index (χ4v) is 3.99. The Morgan fingerprint density at radius 3 is 1.63 bits per heavy atom. The maximum atomic E-state index is 8.36. The summed E-state index contributed by atoms with van der Waals surface area (Å²) >= 11 is 0. The van der Waals surface area contributed by atoms with Crippen molar-refractivity contribution in [2.45, 2.75) is 0 Å². The Kier molecular flexibility index (Phi) is 9.97. The molecule has 2 aromatic heterocycles. The quantitative estimate of drug-likeness (QED) is 0.280. The van der Waals surface area contributed by atoms with E-state index in [1.807, 2.05) is 84.9 Å². The molecule has 3 aromatic carbocycles. The van der Waals surface area contributed by atoms with Crippen molar-refractivity contribution in [1.29, 1.82) is 10.8 Å². The predicted octanol–water partition coefficient (Wildman–Crippen LogP) is 0.405. The van der Waals surface area contributed by atoms with Gasteiger partial charge in [0.05, 0.1) is 22.8 Å². The van der Waals surface area contributed by atoms with E-state index < -0.39 is 0 Å². The number of benzene rings is 3. The van der Waals surface area contributed by atoms with Gasteiger partial charge < -0.3 is 24.8 Å². The van der Waals surface area contributed by atoms with Crippen LogP contribution in [0.15, 0.2) is 109 Å². The molecule has 4 nitrogen and oxygen atoms in total. The monoisotopic (exact) mass is 585 g/mol. The van der Waals surface area contributed by atoms with E-state index in [0.717, 1.165) is 44.4 Å². The van der Waals surface area contributed by atoms with Crippen LogP contribution in [0.3, 0.4) is 0 Å². The van der Waals surface area contributed by atoms with Gasteiger partial charge in [-0.25, -0.2) is 0 Å². The molecular formula is C28H20Cl2N4Rh+. The standard InChI is InChI=1S/C18H12N2.C10H8N2.2ClH.Rh/c19-17-15-8-4-3-7-13(15)14-10-9-11-5-1-2-6-12(11)16(14)18(17)20;1-3-7-11-9(5-1)10-6-2-4-8-12-10;;;/h1-10,19-20H;1-8H;2*1H;/q;;;;+3/p-2. The third-order valence-corrected chi connectivity index (χ3v) is 5.51. The molecule has 0 saturated carbocycles. The van der Waals surface area contributed by atoms with Crippen LogP contribution in [0.25, 0.3) is 33.3 Å². The fraction of sp³-hybridized carbons (Fsp3) is 0. The molecule has 0 saturated heterocycles. The van der Waals surface area contributed by atoms with Crippen molar-refractivity contribution in [2.24, 2.45) is 0 Å². The van der Waals surface area contributed by atoms with E-state index in [-0.39, 0.29) is 44.3 Å². The van der Waals surface area contributed by atoms with Gasteiger partial charge in [-0.2, -0.15) is 0 Å². The van der Waals surface area contributed by atoms with E-state index in [2.05, 4.69) is 22.1 Å². The van der Waals surface area contributed by atoms with Gasteiger partial charge in [0.25, 0.3) is 0 Å². The molecule has 0 aliphatic heterocycles. The molecule has 0 radical (unpaired) electrons. The van der Waals surface area contributed by atoms with Crippen LogP contribution in [0.5, 0.6) is 0 Å². The van der Waals surface area contributed by atoms with Crippen LogP contribution < -0.4 is 24.8 Å². The summed E-state index contributed by atoms with van der Waals surface area (Å²) < 4.78 is 0. The van der Waals surface area contributed by atoms with E-state index in [4.69, 9.17) is 10.8 Å². The Labute approximate surface area is 229 Å². The number of nitrogens with one attached hydrogen (secondary N) is 2. The Morgan fingerprint density at radius 2 is 1.03 bits per heavy atom. The van der Waals surface area contributed by atoms with E-state index in [1.165, 1.54) is 0 Å². The van der Waals surface area contributed by atoms with Crippen molar-refractivity contribution in [3.8, 4) is 22.5 Å². The second-order valence-electron chi connectivity index (χ2n) is 7.43. The fourth-order valence-electron chi connectivity index (χ4n) is 3.99. The third kappa shape index (κ3) is 5.54. The largest absolute Gasteiger partial charge is 3.00 e. The second-order valence-corrected chi connectivity index (χ2v) is 7.43. The first-order valence-corrected chi connectivity index (χ1v) is 10.4. The average molecular weight is 586 g/mol. The number of rotatable bonds is 1. The molecule has 2 N–H and O–H groups in total. The van der Waals surface area contributed by atoms with Crippen LogP contribution in [0, 0.1) is 10.8 Å². The zero-order valence-electron chi connectivity index (χ0n) is 18.4. The molecule has 7 heteroatoms. The van der Waals surface area contributed by atoms with Crippen molar-refractivity contribution in [3.05, 3.63) is 121 Å². The number of hydrogen-bond acceptors (Lipinski definition) is 4.